The first-order valence-corrected chi connectivity index (χ1v) is 6.52. The van der Waals surface area contributed by atoms with Crippen molar-refractivity contribution in [3.63, 3.8) is 0 Å². The molecule has 0 spiro atoms. The van der Waals surface area contributed by atoms with Gasteiger partial charge in [0, 0.05) is 11.8 Å². The summed E-state index contributed by atoms with van der Waals surface area (Å²) in [6, 6.07) is 7.80. The molecular formula is C16H14N2O2. The molecule has 1 aliphatic carbocycles. The Hall–Kier alpha value is -2.62. The lowest BCUT2D eigenvalue weighted by atomic mass is 10.1. The maximum absolute atomic E-state index is 12.0. The minimum Gasteiger partial charge on any atom is -0.409 e. The molecule has 0 saturated carbocycles. The summed E-state index contributed by atoms with van der Waals surface area (Å²) in [5.41, 5.74) is 1.99. The van der Waals surface area contributed by atoms with Crippen LogP contribution in [0.3, 0.4) is 0 Å². The number of amides is 1. The maximum atomic E-state index is 12.0. The molecule has 1 aromatic carbocycles. The van der Waals surface area contributed by atoms with Crippen molar-refractivity contribution in [1.82, 2.24) is 5.01 Å². The van der Waals surface area contributed by atoms with Gasteiger partial charge in [0.15, 0.2) is 0 Å². The molecule has 1 heterocycles. The van der Waals surface area contributed by atoms with Crippen molar-refractivity contribution in [2.24, 2.45) is 5.10 Å². The van der Waals surface area contributed by atoms with Crippen LogP contribution in [0.5, 0.6) is 0 Å². The first-order valence-electron chi connectivity index (χ1n) is 6.52. The van der Waals surface area contributed by atoms with E-state index in [1.807, 2.05) is 42.5 Å². The molecule has 0 N–H and O–H groups in total. The molecule has 20 heavy (non-hydrogen) atoms. The number of carbonyl (C=O) groups excluding carboxylic acids is 1. The second-order valence-corrected chi connectivity index (χ2v) is 4.49. The van der Waals surface area contributed by atoms with Crippen LogP contribution in [0.1, 0.15) is 24.0 Å². The van der Waals surface area contributed by atoms with Gasteiger partial charge in [0.1, 0.15) is 5.76 Å². The van der Waals surface area contributed by atoms with Gasteiger partial charge in [-0.15, -0.1) is 0 Å². The second-order valence-electron chi connectivity index (χ2n) is 4.49. The number of carbonyl (C=O) groups is 1. The van der Waals surface area contributed by atoms with E-state index in [-0.39, 0.29) is 0 Å². The zero-order valence-electron chi connectivity index (χ0n) is 10.9. The summed E-state index contributed by atoms with van der Waals surface area (Å²) in [5.74, 6) is 0.576. The lowest BCUT2D eigenvalue weighted by Gasteiger charge is -2.13. The van der Waals surface area contributed by atoms with Crippen LogP contribution in [0.25, 0.3) is 6.08 Å². The van der Waals surface area contributed by atoms with Gasteiger partial charge in [-0.1, -0.05) is 30.3 Å². The SMILES string of the molecule is O=C(OC1=CCCC=C1)N1C=Cc2ccccc2C=N1. The molecule has 0 bridgehead atoms. The van der Waals surface area contributed by atoms with Crippen molar-refractivity contribution in [2.75, 3.05) is 0 Å². The molecule has 1 amide bonds. The van der Waals surface area contributed by atoms with E-state index in [2.05, 4.69) is 5.10 Å². The number of nitrogens with zero attached hydrogens (tertiary/aromatic N) is 2. The summed E-state index contributed by atoms with van der Waals surface area (Å²) in [4.78, 5) is 12.0. The van der Waals surface area contributed by atoms with Crippen LogP contribution < -0.4 is 0 Å². The molecule has 3 rings (SSSR count). The fourth-order valence-electron chi connectivity index (χ4n) is 2.01. The number of benzene rings is 1. The summed E-state index contributed by atoms with van der Waals surface area (Å²) in [6.07, 6.45) is 12.2. The van der Waals surface area contributed by atoms with Gasteiger partial charge < -0.3 is 4.74 Å². The van der Waals surface area contributed by atoms with Gasteiger partial charge in [-0.25, -0.2) is 4.79 Å². The summed E-state index contributed by atoms with van der Waals surface area (Å²) in [6.45, 7) is 0. The molecule has 0 fully saturated rings. The fourth-order valence-corrected chi connectivity index (χ4v) is 2.01. The standard InChI is InChI=1S/C16H14N2O2/c19-16(20-15-8-2-1-3-9-15)18-11-10-13-6-4-5-7-14(13)12-17-18/h2,4-12H,1,3H2. The molecule has 0 unspecified atom stereocenters. The van der Waals surface area contributed by atoms with Crippen molar-refractivity contribution in [2.45, 2.75) is 12.8 Å². The lowest BCUT2D eigenvalue weighted by Crippen LogP contribution is -2.20. The number of hydrazone groups is 1. The Morgan fingerprint density at radius 1 is 1.15 bits per heavy atom. The molecule has 1 aliphatic heterocycles. The van der Waals surface area contributed by atoms with E-state index in [1.165, 1.54) is 5.01 Å². The van der Waals surface area contributed by atoms with Crippen LogP contribution in [0.2, 0.25) is 0 Å². The Labute approximate surface area is 117 Å². The topological polar surface area (TPSA) is 41.9 Å². The normalized spacial score (nSPS) is 16.4. The van der Waals surface area contributed by atoms with Crippen molar-refractivity contribution >= 4 is 18.4 Å². The van der Waals surface area contributed by atoms with Crippen LogP contribution in [0, 0.1) is 0 Å². The third kappa shape index (κ3) is 2.69. The molecular weight excluding hydrogens is 252 g/mol. The Balaban J connectivity index is 1.74. The average Bonchev–Trinajstić information content (AvgIpc) is 2.71. The van der Waals surface area contributed by atoms with E-state index in [9.17, 15) is 4.79 Å². The van der Waals surface area contributed by atoms with Crippen LogP contribution in [0.15, 0.2) is 59.6 Å². The summed E-state index contributed by atoms with van der Waals surface area (Å²) >= 11 is 0. The van der Waals surface area contributed by atoms with E-state index in [0.29, 0.717) is 5.76 Å². The van der Waals surface area contributed by atoms with Gasteiger partial charge in [-0.3, -0.25) is 0 Å². The summed E-state index contributed by atoms with van der Waals surface area (Å²) < 4.78 is 5.28. The zero-order valence-corrected chi connectivity index (χ0v) is 10.9. The first kappa shape index (κ1) is 12.4. The minimum atomic E-state index is -0.511. The molecule has 2 aliphatic rings. The average molecular weight is 266 g/mol. The maximum Gasteiger partial charge on any atom is 0.440 e. The highest BCUT2D eigenvalue weighted by molar-refractivity contribution is 5.88. The predicted octanol–water partition coefficient (Wildman–Crippen LogP) is 3.68. The molecule has 4 nitrogen and oxygen atoms in total. The Morgan fingerprint density at radius 3 is 2.80 bits per heavy atom. The quantitative estimate of drug-likeness (QED) is 0.778. The number of hydrogen-bond acceptors (Lipinski definition) is 3. The number of ether oxygens (including phenoxy) is 1. The Kier molecular flexibility index (Phi) is 3.46. The van der Waals surface area contributed by atoms with E-state index in [1.54, 1.807) is 18.5 Å². The fraction of sp³-hybridized carbons (Fsp3) is 0.125. The largest absolute Gasteiger partial charge is 0.440 e. The monoisotopic (exact) mass is 266 g/mol. The van der Waals surface area contributed by atoms with Gasteiger partial charge in [0.05, 0.1) is 6.21 Å². The molecule has 0 radical (unpaired) electrons. The van der Waals surface area contributed by atoms with Crippen LogP contribution in [-0.2, 0) is 4.74 Å². The molecule has 0 aromatic heterocycles. The number of fused-ring (bicyclic) bond motifs is 1. The molecule has 1 aromatic rings. The van der Waals surface area contributed by atoms with Crippen molar-refractivity contribution in [3.8, 4) is 0 Å². The molecule has 4 heteroatoms. The number of rotatable bonds is 1. The third-order valence-electron chi connectivity index (χ3n) is 3.07. The third-order valence-corrected chi connectivity index (χ3v) is 3.07. The number of allylic oxidation sites excluding steroid dienone is 3. The highest BCUT2D eigenvalue weighted by Crippen LogP contribution is 2.16. The van der Waals surface area contributed by atoms with Crippen LogP contribution in [-0.4, -0.2) is 17.3 Å². The zero-order chi connectivity index (χ0) is 13.8. The molecule has 0 atom stereocenters. The van der Waals surface area contributed by atoms with Crippen LogP contribution >= 0.6 is 0 Å². The van der Waals surface area contributed by atoms with Crippen molar-refractivity contribution in [1.29, 1.82) is 0 Å². The number of hydrogen-bond donors (Lipinski definition) is 0. The summed E-state index contributed by atoms with van der Waals surface area (Å²) in [5, 5.41) is 5.32. The Morgan fingerprint density at radius 2 is 2.00 bits per heavy atom. The minimum absolute atomic E-state index is 0.511. The summed E-state index contributed by atoms with van der Waals surface area (Å²) in [7, 11) is 0. The van der Waals surface area contributed by atoms with E-state index in [0.717, 1.165) is 24.0 Å². The lowest BCUT2D eigenvalue weighted by molar-refractivity contribution is 0.149. The van der Waals surface area contributed by atoms with Gasteiger partial charge in [-0.05, 0) is 36.6 Å². The van der Waals surface area contributed by atoms with Gasteiger partial charge in [0.2, 0.25) is 0 Å². The van der Waals surface area contributed by atoms with E-state index in [4.69, 9.17) is 4.74 Å². The Bertz CT molecular complexity index is 609. The molecule has 0 saturated heterocycles. The highest BCUT2D eigenvalue weighted by atomic mass is 16.6. The van der Waals surface area contributed by atoms with E-state index >= 15 is 0 Å². The highest BCUT2D eigenvalue weighted by Gasteiger charge is 2.15. The van der Waals surface area contributed by atoms with E-state index < -0.39 is 6.09 Å². The van der Waals surface area contributed by atoms with Gasteiger partial charge in [0.25, 0.3) is 0 Å². The molecule has 100 valence electrons. The van der Waals surface area contributed by atoms with Crippen molar-refractivity contribution in [3.05, 3.63) is 65.6 Å². The van der Waals surface area contributed by atoms with Crippen LogP contribution in [0.4, 0.5) is 4.79 Å². The first-order chi connectivity index (χ1) is 9.83. The smallest absolute Gasteiger partial charge is 0.409 e. The van der Waals surface area contributed by atoms with Crippen molar-refractivity contribution < 1.29 is 9.53 Å². The van der Waals surface area contributed by atoms with Gasteiger partial charge >= 0.3 is 6.09 Å². The van der Waals surface area contributed by atoms with Gasteiger partial charge in [-0.2, -0.15) is 10.1 Å². The second kappa shape index (κ2) is 5.57. The predicted molar refractivity (Wildman–Crippen MR) is 77.8 cm³/mol.